The van der Waals surface area contributed by atoms with Gasteiger partial charge in [0.15, 0.2) is 0 Å². The minimum absolute atomic E-state index is 0.294. The number of aryl methyl sites for hydroxylation is 2. The molecule has 4 nitrogen and oxygen atoms in total. The van der Waals surface area contributed by atoms with Crippen LogP contribution in [0.3, 0.4) is 0 Å². The minimum Gasteiger partial charge on any atom is -0.352 e. The van der Waals surface area contributed by atoms with Crippen LogP contribution in [0.4, 0.5) is 17.5 Å². The van der Waals surface area contributed by atoms with Crippen molar-refractivity contribution in [2.45, 2.75) is 40.2 Å². The van der Waals surface area contributed by atoms with Gasteiger partial charge in [-0.05, 0) is 50.5 Å². The van der Waals surface area contributed by atoms with Crippen molar-refractivity contribution in [3.63, 3.8) is 0 Å². The molecule has 3 rings (SSSR count). The Morgan fingerprint density at radius 3 is 2.30 bits per heavy atom. The van der Waals surface area contributed by atoms with Crippen LogP contribution in [0.2, 0.25) is 5.02 Å². The molecule has 1 aromatic heterocycles. The average molecular weight is 381 g/mol. The summed E-state index contributed by atoms with van der Waals surface area (Å²) in [6.45, 7) is 8.34. The fraction of sp³-hybridized carbons (Fsp3) is 0.273. The van der Waals surface area contributed by atoms with Gasteiger partial charge in [0.2, 0.25) is 5.95 Å². The summed E-state index contributed by atoms with van der Waals surface area (Å²) in [6.07, 6.45) is 0.997. The second-order valence-electron chi connectivity index (χ2n) is 6.82. The molecule has 0 fully saturated rings. The Morgan fingerprint density at radius 1 is 1.00 bits per heavy atom. The summed E-state index contributed by atoms with van der Waals surface area (Å²) >= 11 is 6.17. The molecule has 5 heteroatoms. The number of hydrogen-bond acceptors (Lipinski definition) is 4. The van der Waals surface area contributed by atoms with Gasteiger partial charge in [-0.25, -0.2) is 4.98 Å². The Labute approximate surface area is 166 Å². The summed E-state index contributed by atoms with van der Waals surface area (Å²) in [7, 11) is 0. The predicted molar refractivity (Wildman–Crippen MR) is 115 cm³/mol. The summed E-state index contributed by atoms with van der Waals surface area (Å²) in [5.74, 6) is 1.38. The molecule has 0 saturated heterocycles. The van der Waals surface area contributed by atoms with Crippen molar-refractivity contribution in [2.75, 3.05) is 10.6 Å². The van der Waals surface area contributed by atoms with Crippen molar-refractivity contribution in [3.8, 4) is 11.3 Å². The molecular weight excluding hydrogens is 356 g/mol. The Morgan fingerprint density at radius 2 is 1.67 bits per heavy atom. The number of anilines is 3. The number of hydrogen-bond donors (Lipinski definition) is 2. The lowest BCUT2D eigenvalue weighted by Crippen LogP contribution is -2.16. The van der Waals surface area contributed by atoms with Crippen molar-refractivity contribution in [1.82, 2.24) is 9.97 Å². The maximum absolute atomic E-state index is 6.17. The summed E-state index contributed by atoms with van der Waals surface area (Å²) in [6, 6.07) is 16.3. The van der Waals surface area contributed by atoms with Crippen LogP contribution >= 0.6 is 11.6 Å². The highest BCUT2D eigenvalue weighted by molar-refractivity contribution is 6.30. The Hall–Kier alpha value is -2.59. The number of nitrogens with one attached hydrogen (secondary N) is 2. The van der Waals surface area contributed by atoms with Crippen LogP contribution in [0.25, 0.3) is 11.3 Å². The number of nitrogens with zero attached hydrogens (tertiary/aromatic N) is 2. The van der Waals surface area contributed by atoms with Crippen LogP contribution < -0.4 is 10.6 Å². The van der Waals surface area contributed by atoms with E-state index < -0.39 is 0 Å². The van der Waals surface area contributed by atoms with Crippen LogP contribution in [-0.2, 0) is 0 Å². The predicted octanol–water partition coefficient (Wildman–Crippen LogP) is 6.37. The SMILES string of the molecule is CC[C@@H](C)Nc1nc(Nc2c(C)cc(Cl)cc2C)cc(-c2ccccc2)n1. The van der Waals surface area contributed by atoms with E-state index in [0.717, 1.165) is 45.3 Å². The number of halogens is 1. The minimum atomic E-state index is 0.294. The molecule has 140 valence electrons. The zero-order valence-electron chi connectivity index (χ0n) is 16.2. The second kappa shape index (κ2) is 8.40. The van der Waals surface area contributed by atoms with Gasteiger partial charge in [-0.3, -0.25) is 0 Å². The van der Waals surface area contributed by atoms with Crippen molar-refractivity contribution in [2.24, 2.45) is 0 Å². The highest BCUT2D eigenvalue weighted by Gasteiger charge is 2.11. The summed E-state index contributed by atoms with van der Waals surface area (Å²) in [5.41, 5.74) is 5.11. The van der Waals surface area contributed by atoms with E-state index in [9.17, 15) is 0 Å². The average Bonchev–Trinajstić information content (AvgIpc) is 2.65. The molecule has 27 heavy (non-hydrogen) atoms. The van der Waals surface area contributed by atoms with E-state index in [2.05, 4.69) is 41.6 Å². The first-order chi connectivity index (χ1) is 13.0. The van der Waals surface area contributed by atoms with Crippen LogP contribution in [-0.4, -0.2) is 16.0 Å². The summed E-state index contributed by atoms with van der Waals surface area (Å²) in [4.78, 5) is 9.39. The largest absolute Gasteiger partial charge is 0.352 e. The van der Waals surface area contributed by atoms with Gasteiger partial charge in [0.05, 0.1) is 5.69 Å². The molecule has 0 amide bonds. The molecule has 3 aromatic rings. The number of rotatable bonds is 6. The molecule has 0 radical (unpaired) electrons. The third-order valence-electron chi connectivity index (χ3n) is 4.53. The molecule has 1 heterocycles. The van der Waals surface area contributed by atoms with Gasteiger partial charge in [-0.2, -0.15) is 4.98 Å². The van der Waals surface area contributed by atoms with Crippen molar-refractivity contribution in [1.29, 1.82) is 0 Å². The lowest BCUT2D eigenvalue weighted by Gasteiger charge is -2.16. The van der Waals surface area contributed by atoms with Gasteiger partial charge in [0, 0.05) is 28.4 Å². The first kappa shape index (κ1) is 19.2. The van der Waals surface area contributed by atoms with Crippen molar-refractivity contribution >= 4 is 29.1 Å². The standard InChI is InChI=1S/C22H25ClN4/c1-5-16(4)24-22-25-19(17-9-7-6-8-10-17)13-20(27-22)26-21-14(2)11-18(23)12-15(21)3/h6-13,16H,5H2,1-4H3,(H2,24,25,26,27)/t16-/m1/s1. The molecular formula is C22H25ClN4. The van der Waals surface area contributed by atoms with E-state index in [-0.39, 0.29) is 0 Å². The van der Waals surface area contributed by atoms with E-state index in [0.29, 0.717) is 12.0 Å². The maximum Gasteiger partial charge on any atom is 0.225 e. The fourth-order valence-corrected chi connectivity index (χ4v) is 3.22. The van der Waals surface area contributed by atoms with Gasteiger partial charge in [-0.15, -0.1) is 0 Å². The normalized spacial score (nSPS) is 11.9. The smallest absolute Gasteiger partial charge is 0.225 e. The molecule has 0 aliphatic rings. The van der Waals surface area contributed by atoms with Gasteiger partial charge in [0.1, 0.15) is 5.82 Å². The van der Waals surface area contributed by atoms with E-state index in [1.54, 1.807) is 0 Å². The van der Waals surface area contributed by atoms with E-state index in [1.807, 2.05) is 50.2 Å². The van der Waals surface area contributed by atoms with Crippen LogP contribution in [0.1, 0.15) is 31.4 Å². The Kier molecular flexibility index (Phi) is 5.97. The van der Waals surface area contributed by atoms with E-state index in [1.165, 1.54) is 0 Å². The molecule has 0 saturated carbocycles. The van der Waals surface area contributed by atoms with Crippen LogP contribution in [0.15, 0.2) is 48.5 Å². The number of benzene rings is 2. The second-order valence-corrected chi connectivity index (χ2v) is 7.26. The third-order valence-corrected chi connectivity index (χ3v) is 4.75. The quantitative estimate of drug-likeness (QED) is 0.521. The van der Waals surface area contributed by atoms with Crippen LogP contribution in [0, 0.1) is 13.8 Å². The highest BCUT2D eigenvalue weighted by Crippen LogP contribution is 2.29. The van der Waals surface area contributed by atoms with Gasteiger partial charge in [-0.1, -0.05) is 48.9 Å². The van der Waals surface area contributed by atoms with Crippen molar-refractivity contribution < 1.29 is 0 Å². The van der Waals surface area contributed by atoms with Gasteiger partial charge in [0.25, 0.3) is 0 Å². The molecule has 0 unspecified atom stereocenters. The first-order valence-electron chi connectivity index (χ1n) is 9.21. The van der Waals surface area contributed by atoms with Crippen molar-refractivity contribution in [3.05, 3.63) is 64.7 Å². The Bertz CT molecular complexity index is 902. The van der Waals surface area contributed by atoms with Gasteiger partial charge >= 0.3 is 0 Å². The fourth-order valence-electron chi connectivity index (χ4n) is 2.89. The molecule has 0 spiro atoms. The summed E-state index contributed by atoms with van der Waals surface area (Å²) in [5, 5.41) is 7.58. The zero-order valence-corrected chi connectivity index (χ0v) is 16.9. The summed E-state index contributed by atoms with van der Waals surface area (Å²) < 4.78 is 0. The lowest BCUT2D eigenvalue weighted by molar-refractivity contribution is 0.753. The lowest BCUT2D eigenvalue weighted by atomic mass is 10.1. The molecule has 0 bridgehead atoms. The first-order valence-corrected chi connectivity index (χ1v) is 9.59. The monoisotopic (exact) mass is 380 g/mol. The molecule has 2 aromatic carbocycles. The van der Waals surface area contributed by atoms with E-state index >= 15 is 0 Å². The molecule has 0 aliphatic carbocycles. The third kappa shape index (κ3) is 4.77. The molecule has 2 N–H and O–H groups in total. The van der Waals surface area contributed by atoms with Gasteiger partial charge < -0.3 is 10.6 Å². The highest BCUT2D eigenvalue weighted by atomic mass is 35.5. The maximum atomic E-state index is 6.17. The Balaban J connectivity index is 2.02. The molecule has 1 atom stereocenters. The topological polar surface area (TPSA) is 49.8 Å². The van der Waals surface area contributed by atoms with Crippen LogP contribution in [0.5, 0.6) is 0 Å². The zero-order chi connectivity index (χ0) is 19.4. The number of aromatic nitrogens is 2. The van der Waals surface area contributed by atoms with E-state index in [4.69, 9.17) is 16.6 Å². The molecule has 0 aliphatic heterocycles.